The molecule has 1 atom stereocenters. The molecule has 1 heterocycles. The van der Waals surface area contributed by atoms with E-state index in [4.69, 9.17) is 0 Å². The Morgan fingerprint density at radius 3 is 2.74 bits per heavy atom. The van der Waals surface area contributed by atoms with E-state index in [9.17, 15) is 9.90 Å². The average Bonchev–Trinajstić information content (AvgIpc) is 2.77. The van der Waals surface area contributed by atoms with Gasteiger partial charge in [-0.3, -0.25) is 4.79 Å². The summed E-state index contributed by atoms with van der Waals surface area (Å²) in [5.41, 5.74) is 1.36. The minimum absolute atomic E-state index is 0.0563. The van der Waals surface area contributed by atoms with Crippen molar-refractivity contribution in [2.45, 2.75) is 38.8 Å². The number of fused-ring (bicyclic) bond motifs is 1. The zero-order valence-electron chi connectivity index (χ0n) is 11.8. The first-order chi connectivity index (χ1) is 8.90. The molecule has 0 aliphatic carbocycles. The van der Waals surface area contributed by atoms with Crippen molar-refractivity contribution < 1.29 is 9.90 Å². The van der Waals surface area contributed by atoms with E-state index in [0.29, 0.717) is 13.1 Å². The molecule has 0 spiro atoms. The summed E-state index contributed by atoms with van der Waals surface area (Å²) in [6.45, 7) is 6.35. The van der Waals surface area contributed by atoms with Gasteiger partial charge < -0.3 is 15.3 Å². The van der Waals surface area contributed by atoms with Crippen LogP contribution in [0.3, 0.4) is 0 Å². The highest BCUT2D eigenvalue weighted by Gasteiger charge is 2.31. The highest BCUT2D eigenvalue weighted by atomic mass is 16.3. The van der Waals surface area contributed by atoms with Crippen molar-refractivity contribution in [3.63, 3.8) is 0 Å². The van der Waals surface area contributed by atoms with Gasteiger partial charge >= 0.3 is 0 Å². The number of likely N-dealkylation sites (N-methyl/N-ethyl adjacent to an activating group) is 1. The van der Waals surface area contributed by atoms with Crippen molar-refractivity contribution in [3.05, 3.63) is 29.8 Å². The lowest BCUT2D eigenvalue weighted by atomic mass is 10.1. The maximum absolute atomic E-state index is 12.5. The summed E-state index contributed by atoms with van der Waals surface area (Å²) < 4.78 is 0. The van der Waals surface area contributed by atoms with Crippen LogP contribution in [0.5, 0.6) is 0 Å². The quantitative estimate of drug-likeness (QED) is 0.867. The van der Waals surface area contributed by atoms with Crippen LogP contribution in [0.15, 0.2) is 24.3 Å². The predicted octanol–water partition coefficient (Wildman–Crippen LogP) is 1.64. The number of carbonyl (C=O) groups is 1. The highest BCUT2D eigenvalue weighted by molar-refractivity contribution is 5.87. The molecule has 4 nitrogen and oxygen atoms in total. The fourth-order valence-corrected chi connectivity index (χ4v) is 2.48. The molecular weight excluding hydrogens is 240 g/mol. The number of hydrogen-bond acceptors (Lipinski definition) is 3. The van der Waals surface area contributed by atoms with Crippen LogP contribution in [-0.2, 0) is 11.2 Å². The van der Waals surface area contributed by atoms with Crippen molar-refractivity contribution in [1.29, 1.82) is 0 Å². The van der Waals surface area contributed by atoms with Gasteiger partial charge in [-0.25, -0.2) is 0 Å². The van der Waals surface area contributed by atoms with Crippen molar-refractivity contribution in [1.82, 2.24) is 4.90 Å². The summed E-state index contributed by atoms with van der Waals surface area (Å²) in [7, 11) is 0. The molecule has 0 fully saturated rings. The van der Waals surface area contributed by atoms with E-state index in [2.05, 4.69) is 5.32 Å². The first kappa shape index (κ1) is 13.9. The minimum atomic E-state index is -0.864. The Kier molecular flexibility index (Phi) is 3.80. The summed E-state index contributed by atoms with van der Waals surface area (Å²) >= 11 is 0. The fraction of sp³-hybridized carbons (Fsp3) is 0.533. The third-order valence-electron chi connectivity index (χ3n) is 3.34. The number of aliphatic hydroxyl groups is 1. The Bertz CT molecular complexity index is 440. The largest absolute Gasteiger partial charge is 0.389 e. The van der Waals surface area contributed by atoms with E-state index >= 15 is 0 Å². The number of anilines is 1. The Balaban J connectivity index is 2.05. The van der Waals surface area contributed by atoms with Gasteiger partial charge in [0.25, 0.3) is 0 Å². The second kappa shape index (κ2) is 5.21. The summed E-state index contributed by atoms with van der Waals surface area (Å²) in [5.74, 6) is 0.0563. The Hall–Kier alpha value is -1.55. The van der Waals surface area contributed by atoms with E-state index in [1.165, 1.54) is 5.56 Å². The molecule has 1 aliphatic rings. The van der Waals surface area contributed by atoms with E-state index in [0.717, 1.165) is 12.1 Å². The number of rotatable bonds is 4. The second-order valence-electron chi connectivity index (χ2n) is 5.72. The molecule has 2 N–H and O–H groups in total. The number of para-hydroxylation sites is 1. The molecule has 0 saturated heterocycles. The number of amides is 1. The summed E-state index contributed by atoms with van der Waals surface area (Å²) in [5, 5.41) is 13.1. The molecule has 0 aromatic heterocycles. The van der Waals surface area contributed by atoms with Gasteiger partial charge in [0.05, 0.1) is 5.60 Å². The molecule has 1 unspecified atom stereocenters. The number of hydrogen-bond donors (Lipinski definition) is 2. The van der Waals surface area contributed by atoms with Crippen LogP contribution in [0.4, 0.5) is 5.69 Å². The topological polar surface area (TPSA) is 52.6 Å². The van der Waals surface area contributed by atoms with Crippen molar-refractivity contribution in [2.75, 3.05) is 18.4 Å². The van der Waals surface area contributed by atoms with Gasteiger partial charge in [0.15, 0.2) is 0 Å². The van der Waals surface area contributed by atoms with Crippen LogP contribution in [0.25, 0.3) is 0 Å². The molecule has 104 valence electrons. The molecule has 0 saturated carbocycles. The van der Waals surface area contributed by atoms with Crippen molar-refractivity contribution in [3.8, 4) is 0 Å². The van der Waals surface area contributed by atoms with Crippen LogP contribution in [0.2, 0.25) is 0 Å². The Morgan fingerprint density at radius 1 is 1.47 bits per heavy atom. The smallest absolute Gasteiger partial charge is 0.245 e. The SMILES string of the molecule is CCN(CC(C)(C)O)C(=O)C1Cc2ccccc2N1. The lowest BCUT2D eigenvalue weighted by Gasteiger charge is -2.30. The predicted molar refractivity (Wildman–Crippen MR) is 76.1 cm³/mol. The van der Waals surface area contributed by atoms with Crippen molar-refractivity contribution in [2.24, 2.45) is 0 Å². The standard InChI is InChI=1S/C15H22N2O2/c1-4-17(10-15(2,3)19)14(18)13-9-11-7-5-6-8-12(11)16-13/h5-8,13,16,19H,4,9-10H2,1-3H3. The van der Waals surface area contributed by atoms with Gasteiger partial charge in [-0.1, -0.05) is 18.2 Å². The highest BCUT2D eigenvalue weighted by Crippen LogP contribution is 2.26. The molecule has 2 rings (SSSR count). The number of carbonyl (C=O) groups excluding carboxylic acids is 1. The summed E-state index contributed by atoms with van der Waals surface area (Å²) in [6, 6.07) is 7.78. The molecule has 1 aromatic carbocycles. The van der Waals surface area contributed by atoms with Crippen LogP contribution in [-0.4, -0.2) is 40.6 Å². The minimum Gasteiger partial charge on any atom is -0.389 e. The molecule has 1 aromatic rings. The normalized spacial score (nSPS) is 17.8. The third kappa shape index (κ3) is 3.26. The van der Waals surface area contributed by atoms with Gasteiger partial charge in [0.1, 0.15) is 6.04 Å². The van der Waals surface area contributed by atoms with Crippen LogP contribution in [0, 0.1) is 0 Å². The number of benzene rings is 1. The van der Waals surface area contributed by atoms with Crippen molar-refractivity contribution >= 4 is 11.6 Å². The summed E-state index contributed by atoms with van der Waals surface area (Å²) in [6.07, 6.45) is 0.720. The van der Waals surface area contributed by atoms with E-state index in [-0.39, 0.29) is 11.9 Å². The van der Waals surface area contributed by atoms with Crippen LogP contribution >= 0.6 is 0 Å². The molecule has 1 amide bonds. The number of nitrogens with one attached hydrogen (secondary N) is 1. The maximum Gasteiger partial charge on any atom is 0.245 e. The fourth-order valence-electron chi connectivity index (χ4n) is 2.48. The van der Waals surface area contributed by atoms with Gasteiger partial charge in [-0.05, 0) is 32.4 Å². The molecular formula is C15H22N2O2. The second-order valence-corrected chi connectivity index (χ2v) is 5.72. The zero-order chi connectivity index (χ0) is 14.0. The Labute approximate surface area is 114 Å². The lowest BCUT2D eigenvalue weighted by molar-refractivity contribution is -0.134. The molecule has 1 aliphatic heterocycles. The van der Waals surface area contributed by atoms with Gasteiger partial charge in [-0.2, -0.15) is 0 Å². The number of nitrogens with zero attached hydrogens (tertiary/aromatic N) is 1. The lowest BCUT2D eigenvalue weighted by Crippen LogP contribution is -2.47. The van der Waals surface area contributed by atoms with Gasteiger partial charge in [0, 0.05) is 25.2 Å². The van der Waals surface area contributed by atoms with E-state index in [1.54, 1.807) is 18.7 Å². The molecule has 0 bridgehead atoms. The summed E-state index contributed by atoms with van der Waals surface area (Å²) in [4.78, 5) is 14.2. The van der Waals surface area contributed by atoms with Gasteiger partial charge in [-0.15, -0.1) is 0 Å². The average molecular weight is 262 g/mol. The van der Waals surface area contributed by atoms with Crippen LogP contribution < -0.4 is 5.32 Å². The van der Waals surface area contributed by atoms with Gasteiger partial charge in [0.2, 0.25) is 5.91 Å². The maximum atomic E-state index is 12.5. The van der Waals surface area contributed by atoms with E-state index in [1.807, 2.05) is 31.2 Å². The third-order valence-corrected chi connectivity index (χ3v) is 3.34. The Morgan fingerprint density at radius 2 is 2.16 bits per heavy atom. The first-order valence-electron chi connectivity index (χ1n) is 6.76. The molecule has 4 heteroatoms. The monoisotopic (exact) mass is 262 g/mol. The zero-order valence-corrected chi connectivity index (χ0v) is 11.8. The molecule has 19 heavy (non-hydrogen) atoms. The molecule has 0 radical (unpaired) electrons. The van der Waals surface area contributed by atoms with E-state index < -0.39 is 5.60 Å². The van der Waals surface area contributed by atoms with Crippen LogP contribution in [0.1, 0.15) is 26.3 Å². The first-order valence-corrected chi connectivity index (χ1v) is 6.76.